The first kappa shape index (κ1) is 8.84. The summed E-state index contributed by atoms with van der Waals surface area (Å²) >= 11 is 0. The average Bonchev–Trinajstić information content (AvgIpc) is 2.73. The topological polar surface area (TPSA) is 74.7 Å². The number of nitrogens with zero attached hydrogens (tertiary/aromatic N) is 3. The molecule has 1 radical (unpaired) electrons. The summed E-state index contributed by atoms with van der Waals surface area (Å²) < 4.78 is 0. The van der Waals surface area contributed by atoms with Gasteiger partial charge in [-0.05, 0) is 0 Å². The van der Waals surface area contributed by atoms with Crippen LogP contribution in [0.5, 0.6) is 6.01 Å². The Balaban J connectivity index is 2.19. The predicted molar refractivity (Wildman–Crippen MR) is 57.6 cm³/mol. The van der Waals surface area contributed by atoms with Gasteiger partial charge in [0.2, 0.25) is 0 Å². The van der Waals surface area contributed by atoms with Gasteiger partial charge in [0.15, 0.2) is 5.65 Å². The molecule has 5 heteroatoms. The van der Waals surface area contributed by atoms with E-state index in [1.54, 1.807) is 0 Å². The first-order valence-corrected chi connectivity index (χ1v) is 4.73. The van der Waals surface area contributed by atoms with Crippen LogP contribution in [-0.4, -0.2) is 25.0 Å². The molecular formula is C11H7N4O. The summed E-state index contributed by atoms with van der Waals surface area (Å²) in [7, 11) is 0. The number of nitrogens with one attached hydrogen (secondary N) is 1. The van der Waals surface area contributed by atoms with Gasteiger partial charge >= 0.3 is 6.01 Å². The van der Waals surface area contributed by atoms with Crippen molar-refractivity contribution in [3.63, 3.8) is 0 Å². The highest BCUT2D eigenvalue weighted by molar-refractivity contribution is 5.74. The minimum atomic E-state index is -0.309. The molecule has 16 heavy (non-hydrogen) atoms. The summed E-state index contributed by atoms with van der Waals surface area (Å²) in [5.74, 6) is 0.687. The van der Waals surface area contributed by atoms with Crippen LogP contribution in [0.1, 0.15) is 0 Å². The first-order valence-electron chi connectivity index (χ1n) is 4.73. The highest BCUT2D eigenvalue weighted by Crippen LogP contribution is 2.18. The number of aromatic hydroxyl groups is 1. The Morgan fingerprint density at radius 1 is 1.12 bits per heavy atom. The highest BCUT2D eigenvalue weighted by Gasteiger charge is 2.07. The van der Waals surface area contributed by atoms with E-state index in [2.05, 4.69) is 26.1 Å². The third kappa shape index (κ3) is 1.38. The summed E-state index contributed by atoms with van der Waals surface area (Å²) in [6, 6.07) is 9.35. The molecule has 0 unspecified atom stereocenters. The van der Waals surface area contributed by atoms with Crippen LogP contribution in [0.25, 0.3) is 22.6 Å². The monoisotopic (exact) mass is 211 g/mol. The largest absolute Gasteiger partial charge is 0.479 e. The Morgan fingerprint density at radius 2 is 1.94 bits per heavy atom. The van der Waals surface area contributed by atoms with Crippen LogP contribution in [-0.2, 0) is 0 Å². The van der Waals surface area contributed by atoms with Crippen LogP contribution in [0.15, 0.2) is 30.3 Å². The van der Waals surface area contributed by atoms with E-state index >= 15 is 0 Å². The number of benzene rings is 1. The van der Waals surface area contributed by atoms with Gasteiger partial charge in [0.05, 0.1) is 0 Å². The SMILES string of the molecule is Oc1n[c]c2nc(-c3ccccc3)[nH]c2n1. The van der Waals surface area contributed by atoms with Crippen LogP contribution in [0.4, 0.5) is 0 Å². The van der Waals surface area contributed by atoms with Crippen molar-refractivity contribution >= 4 is 11.2 Å². The molecule has 0 saturated heterocycles. The third-order valence-corrected chi connectivity index (χ3v) is 2.21. The number of H-pyrrole nitrogens is 1. The van der Waals surface area contributed by atoms with Crippen LogP contribution in [0, 0.1) is 6.20 Å². The molecule has 2 heterocycles. The van der Waals surface area contributed by atoms with E-state index < -0.39 is 0 Å². The minimum absolute atomic E-state index is 0.309. The second-order valence-corrected chi connectivity index (χ2v) is 3.28. The zero-order chi connectivity index (χ0) is 11.0. The van der Waals surface area contributed by atoms with Crippen LogP contribution < -0.4 is 0 Å². The van der Waals surface area contributed by atoms with E-state index in [0.717, 1.165) is 5.56 Å². The van der Waals surface area contributed by atoms with Gasteiger partial charge in [0.1, 0.15) is 17.5 Å². The smallest absolute Gasteiger partial charge is 0.316 e. The molecule has 0 spiro atoms. The molecule has 3 aromatic rings. The van der Waals surface area contributed by atoms with Crippen molar-refractivity contribution in [3.05, 3.63) is 36.5 Å². The average molecular weight is 211 g/mol. The van der Waals surface area contributed by atoms with Gasteiger partial charge in [-0.1, -0.05) is 30.3 Å². The van der Waals surface area contributed by atoms with Gasteiger partial charge in [-0.3, -0.25) is 0 Å². The Labute approximate surface area is 90.8 Å². The molecule has 0 aliphatic carbocycles. The summed E-state index contributed by atoms with van der Waals surface area (Å²) in [5, 5.41) is 9.11. The standard InChI is InChI=1S/C11H7N4O/c16-11-12-6-8-10(15-11)14-9(13-8)7-4-2-1-3-5-7/h1-5H,(H2,12,13,14,15,16). The van der Waals surface area contributed by atoms with E-state index in [1.165, 1.54) is 0 Å². The minimum Gasteiger partial charge on any atom is -0.479 e. The van der Waals surface area contributed by atoms with Gasteiger partial charge in [-0.25, -0.2) is 4.98 Å². The van der Waals surface area contributed by atoms with Crippen molar-refractivity contribution in [2.45, 2.75) is 0 Å². The molecule has 0 fully saturated rings. The summed E-state index contributed by atoms with van der Waals surface area (Å²) in [6.45, 7) is 0. The van der Waals surface area contributed by atoms with E-state index in [-0.39, 0.29) is 6.01 Å². The molecule has 1 aromatic carbocycles. The maximum atomic E-state index is 9.11. The number of hydrogen-bond donors (Lipinski definition) is 2. The molecule has 0 atom stereocenters. The number of hydrogen-bond acceptors (Lipinski definition) is 4. The third-order valence-electron chi connectivity index (χ3n) is 2.21. The second-order valence-electron chi connectivity index (χ2n) is 3.28. The lowest BCUT2D eigenvalue weighted by Gasteiger charge is -1.92. The fourth-order valence-electron chi connectivity index (χ4n) is 1.48. The number of fused-ring (bicyclic) bond motifs is 1. The zero-order valence-corrected chi connectivity index (χ0v) is 8.18. The molecule has 0 amide bonds. The summed E-state index contributed by atoms with van der Waals surface area (Å²) in [4.78, 5) is 14.6. The molecule has 0 aliphatic heterocycles. The molecular weight excluding hydrogens is 204 g/mol. The maximum Gasteiger partial charge on any atom is 0.316 e. The molecule has 0 saturated carbocycles. The van der Waals surface area contributed by atoms with E-state index in [9.17, 15) is 0 Å². The first-order chi connectivity index (χ1) is 7.83. The second kappa shape index (κ2) is 3.30. The number of rotatable bonds is 1. The number of aromatic nitrogens is 4. The highest BCUT2D eigenvalue weighted by atomic mass is 16.3. The van der Waals surface area contributed by atoms with E-state index in [4.69, 9.17) is 5.11 Å². The van der Waals surface area contributed by atoms with Gasteiger partial charge in [-0.15, -0.1) is 0 Å². The van der Waals surface area contributed by atoms with Gasteiger partial charge < -0.3 is 10.1 Å². The molecule has 0 aliphatic rings. The van der Waals surface area contributed by atoms with E-state index in [1.807, 2.05) is 30.3 Å². The van der Waals surface area contributed by atoms with Crippen LogP contribution >= 0.6 is 0 Å². The fraction of sp³-hybridized carbons (Fsp3) is 0. The van der Waals surface area contributed by atoms with Crippen molar-refractivity contribution in [1.29, 1.82) is 0 Å². The lowest BCUT2D eigenvalue weighted by Crippen LogP contribution is -1.81. The number of aromatic amines is 1. The van der Waals surface area contributed by atoms with Crippen molar-refractivity contribution in [3.8, 4) is 17.4 Å². The van der Waals surface area contributed by atoms with Crippen molar-refractivity contribution < 1.29 is 5.11 Å². The molecule has 3 rings (SSSR count). The van der Waals surface area contributed by atoms with Crippen molar-refractivity contribution in [2.75, 3.05) is 0 Å². The normalized spacial score (nSPS) is 10.8. The predicted octanol–water partition coefficient (Wildman–Crippen LogP) is 1.53. The van der Waals surface area contributed by atoms with Gasteiger partial charge in [0.25, 0.3) is 0 Å². The molecule has 77 valence electrons. The Morgan fingerprint density at radius 3 is 2.75 bits per heavy atom. The molecule has 2 N–H and O–H groups in total. The lowest BCUT2D eigenvalue weighted by atomic mass is 10.2. The Kier molecular flexibility index (Phi) is 1.83. The Bertz CT molecular complexity index is 633. The zero-order valence-electron chi connectivity index (χ0n) is 8.18. The molecule has 0 bridgehead atoms. The summed E-state index contributed by atoms with van der Waals surface area (Å²) in [5.41, 5.74) is 1.94. The quantitative estimate of drug-likeness (QED) is 0.640. The summed E-state index contributed by atoms with van der Waals surface area (Å²) in [6.07, 6.45) is 2.60. The molecule has 5 nitrogen and oxygen atoms in total. The fourth-order valence-corrected chi connectivity index (χ4v) is 1.48. The lowest BCUT2D eigenvalue weighted by molar-refractivity contribution is 0.432. The molecule has 2 aromatic heterocycles. The van der Waals surface area contributed by atoms with Crippen LogP contribution in [0.2, 0.25) is 0 Å². The van der Waals surface area contributed by atoms with Gasteiger partial charge in [-0.2, -0.15) is 9.97 Å². The van der Waals surface area contributed by atoms with E-state index in [0.29, 0.717) is 17.0 Å². The van der Waals surface area contributed by atoms with Crippen molar-refractivity contribution in [1.82, 2.24) is 19.9 Å². The Hall–Kier alpha value is -2.43. The maximum absolute atomic E-state index is 9.11. The number of imidazole rings is 1. The van der Waals surface area contributed by atoms with Gasteiger partial charge in [0, 0.05) is 5.56 Å². The van der Waals surface area contributed by atoms with Crippen LogP contribution in [0.3, 0.4) is 0 Å². The van der Waals surface area contributed by atoms with Crippen molar-refractivity contribution in [2.24, 2.45) is 0 Å².